The Morgan fingerprint density at radius 3 is 2.69 bits per heavy atom. The standard InChI is InChI=1S/C13H18N2O/c14-10-6-2-1-3-9-13-15-11-7-4-5-8-12(11)16-13/h4-5,7-8H,1-3,6,9-10,14H2. The van der Waals surface area contributed by atoms with Crippen molar-refractivity contribution in [3.05, 3.63) is 30.2 Å². The summed E-state index contributed by atoms with van der Waals surface area (Å²) >= 11 is 0. The molecule has 0 saturated carbocycles. The first-order valence-electron chi connectivity index (χ1n) is 5.94. The number of aromatic nitrogens is 1. The predicted octanol–water partition coefficient (Wildman–Crippen LogP) is 2.89. The van der Waals surface area contributed by atoms with Crippen molar-refractivity contribution in [2.24, 2.45) is 5.73 Å². The van der Waals surface area contributed by atoms with Gasteiger partial charge in [0.05, 0.1) is 0 Å². The monoisotopic (exact) mass is 218 g/mol. The molecule has 1 aromatic heterocycles. The summed E-state index contributed by atoms with van der Waals surface area (Å²) in [5.41, 5.74) is 7.29. The minimum atomic E-state index is 0.795. The highest BCUT2D eigenvalue weighted by molar-refractivity contribution is 5.72. The van der Waals surface area contributed by atoms with Gasteiger partial charge in [0, 0.05) is 6.42 Å². The lowest BCUT2D eigenvalue weighted by molar-refractivity contribution is 0.508. The van der Waals surface area contributed by atoms with Crippen LogP contribution < -0.4 is 5.73 Å². The fourth-order valence-corrected chi connectivity index (χ4v) is 1.80. The van der Waals surface area contributed by atoms with Gasteiger partial charge in [-0.1, -0.05) is 25.0 Å². The average Bonchev–Trinajstić information content (AvgIpc) is 2.71. The molecule has 2 rings (SSSR count). The van der Waals surface area contributed by atoms with Gasteiger partial charge in [0.1, 0.15) is 5.52 Å². The molecule has 16 heavy (non-hydrogen) atoms. The number of hydrogen-bond donors (Lipinski definition) is 1. The summed E-state index contributed by atoms with van der Waals surface area (Å²) in [6.07, 6.45) is 5.59. The van der Waals surface area contributed by atoms with Gasteiger partial charge in [0.15, 0.2) is 11.5 Å². The largest absolute Gasteiger partial charge is 0.441 e. The van der Waals surface area contributed by atoms with Gasteiger partial charge in [-0.2, -0.15) is 0 Å². The minimum absolute atomic E-state index is 0.795. The second-order valence-corrected chi connectivity index (χ2v) is 4.03. The zero-order valence-corrected chi connectivity index (χ0v) is 9.48. The predicted molar refractivity (Wildman–Crippen MR) is 65.2 cm³/mol. The lowest BCUT2D eigenvalue weighted by atomic mass is 10.1. The molecule has 0 amide bonds. The van der Waals surface area contributed by atoms with Crippen LogP contribution in [-0.4, -0.2) is 11.5 Å². The lowest BCUT2D eigenvalue weighted by Gasteiger charge is -1.96. The number of nitrogens with zero attached hydrogens (tertiary/aromatic N) is 1. The second kappa shape index (κ2) is 5.66. The number of unbranched alkanes of at least 4 members (excludes halogenated alkanes) is 3. The summed E-state index contributed by atoms with van der Waals surface area (Å²) < 4.78 is 5.64. The van der Waals surface area contributed by atoms with Gasteiger partial charge in [0.2, 0.25) is 0 Å². The molecular formula is C13H18N2O. The number of rotatable bonds is 6. The van der Waals surface area contributed by atoms with Gasteiger partial charge < -0.3 is 10.2 Å². The van der Waals surface area contributed by atoms with E-state index in [0.29, 0.717) is 0 Å². The van der Waals surface area contributed by atoms with Crippen LogP contribution in [0.25, 0.3) is 11.1 Å². The molecule has 0 aliphatic heterocycles. The molecule has 1 heterocycles. The number of aryl methyl sites for hydroxylation is 1. The van der Waals surface area contributed by atoms with E-state index in [9.17, 15) is 0 Å². The van der Waals surface area contributed by atoms with Crippen LogP contribution >= 0.6 is 0 Å². The highest BCUT2D eigenvalue weighted by Gasteiger charge is 2.03. The third-order valence-electron chi connectivity index (χ3n) is 2.68. The minimum Gasteiger partial charge on any atom is -0.441 e. The van der Waals surface area contributed by atoms with Crippen molar-refractivity contribution >= 4 is 11.1 Å². The van der Waals surface area contributed by atoms with E-state index < -0.39 is 0 Å². The molecule has 0 aliphatic carbocycles. The Morgan fingerprint density at radius 1 is 1.06 bits per heavy atom. The molecule has 0 bridgehead atoms. The summed E-state index contributed by atoms with van der Waals surface area (Å²) in [7, 11) is 0. The van der Waals surface area contributed by atoms with Gasteiger partial charge in [0.25, 0.3) is 0 Å². The molecule has 3 heteroatoms. The Hall–Kier alpha value is -1.35. The summed E-state index contributed by atoms with van der Waals surface area (Å²) in [4.78, 5) is 4.44. The van der Waals surface area contributed by atoms with Gasteiger partial charge in [-0.15, -0.1) is 0 Å². The van der Waals surface area contributed by atoms with E-state index in [0.717, 1.165) is 42.8 Å². The SMILES string of the molecule is NCCCCCCc1nc2ccccc2o1. The van der Waals surface area contributed by atoms with E-state index >= 15 is 0 Å². The third-order valence-corrected chi connectivity index (χ3v) is 2.68. The number of nitrogens with two attached hydrogens (primary N) is 1. The molecule has 2 N–H and O–H groups in total. The zero-order valence-electron chi connectivity index (χ0n) is 9.48. The molecule has 3 nitrogen and oxygen atoms in total. The Kier molecular flexibility index (Phi) is 3.94. The van der Waals surface area contributed by atoms with E-state index in [1.165, 1.54) is 12.8 Å². The Morgan fingerprint density at radius 2 is 1.88 bits per heavy atom. The van der Waals surface area contributed by atoms with E-state index in [2.05, 4.69) is 4.98 Å². The van der Waals surface area contributed by atoms with Gasteiger partial charge >= 0.3 is 0 Å². The zero-order chi connectivity index (χ0) is 11.2. The van der Waals surface area contributed by atoms with Crippen LogP contribution in [0.15, 0.2) is 28.7 Å². The molecule has 0 fully saturated rings. The third kappa shape index (κ3) is 2.83. The van der Waals surface area contributed by atoms with Crippen LogP contribution in [0.5, 0.6) is 0 Å². The van der Waals surface area contributed by atoms with Crippen LogP contribution in [0.4, 0.5) is 0 Å². The first-order chi connectivity index (χ1) is 7.90. The fraction of sp³-hybridized carbons (Fsp3) is 0.462. The number of fused-ring (bicyclic) bond motifs is 1. The van der Waals surface area contributed by atoms with Crippen LogP contribution in [0.3, 0.4) is 0 Å². The highest BCUT2D eigenvalue weighted by atomic mass is 16.3. The molecule has 2 aromatic rings. The summed E-state index contributed by atoms with van der Waals surface area (Å²) in [6, 6.07) is 7.89. The smallest absolute Gasteiger partial charge is 0.195 e. The van der Waals surface area contributed by atoms with Crippen LogP contribution in [0.1, 0.15) is 31.6 Å². The lowest BCUT2D eigenvalue weighted by Crippen LogP contribution is -1.97. The van der Waals surface area contributed by atoms with Gasteiger partial charge in [-0.25, -0.2) is 4.98 Å². The number of hydrogen-bond acceptors (Lipinski definition) is 3. The molecule has 1 aromatic carbocycles. The normalized spacial score (nSPS) is 11.1. The molecule has 0 atom stereocenters. The molecule has 0 unspecified atom stereocenters. The van der Waals surface area contributed by atoms with Crippen LogP contribution in [-0.2, 0) is 6.42 Å². The number of benzene rings is 1. The Bertz CT molecular complexity index is 403. The quantitative estimate of drug-likeness (QED) is 0.758. The number of oxazole rings is 1. The van der Waals surface area contributed by atoms with Crippen molar-refractivity contribution < 1.29 is 4.42 Å². The molecular weight excluding hydrogens is 200 g/mol. The number of para-hydroxylation sites is 2. The van der Waals surface area contributed by atoms with Crippen molar-refractivity contribution in [3.63, 3.8) is 0 Å². The molecule has 0 saturated heterocycles. The summed E-state index contributed by atoms with van der Waals surface area (Å²) in [6.45, 7) is 0.795. The van der Waals surface area contributed by atoms with E-state index in [1.54, 1.807) is 0 Å². The average molecular weight is 218 g/mol. The van der Waals surface area contributed by atoms with Crippen molar-refractivity contribution in [1.82, 2.24) is 4.98 Å². The highest BCUT2D eigenvalue weighted by Crippen LogP contribution is 2.16. The first kappa shape index (κ1) is 11.1. The van der Waals surface area contributed by atoms with E-state index in [1.807, 2.05) is 24.3 Å². The Balaban J connectivity index is 1.85. The van der Waals surface area contributed by atoms with Crippen molar-refractivity contribution in [2.45, 2.75) is 32.1 Å². The van der Waals surface area contributed by atoms with E-state index in [-0.39, 0.29) is 0 Å². The van der Waals surface area contributed by atoms with Crippen molar-refractivity contribution in [1.29, 1.82) is 0 Å². The summed E-state index contributed by atoms with van der Waals surface area (Å²) in [5.74, 6) is 0.856. The second-order valence-electron chi connectivity index (χ2n) is 4.03. The maximum Gasteiger partial charge on any atom is 0.195 e. The maximum atomic E-state index is 5.64. The first-order valence-corrected chi connectivity index (χ1v) is 5.94. The molecule has 0 radical (unpaired) electrons. The maximum absolute atomic E-state index is 5.64. The van der Waals surface area contributed by atoms with Crippen LogP contribution in [0, 0.1) is 0 Å². The fourth-order valence-electron chi connectivity index (χ4n) is 1.80. The topological polar surface area (TPSA) is 52.0 Å². The van der Waals surface area contributed by atoms with E-state index in [4.69, 9.17) is 10.2 Å². The summed E-state index contributed by atoms with van der Waals surface area (Å²) in [5, 5.41) is 0. The molecule has 0 aliphatic rings. The van der Waals surface area contributed by atoms with Crippen molar-refractivity contribution in [3.8, 4) is 0 Å². The molecule has 86 valence electrons. The van der Waals surface area contributed by atoms with Crippen LogP contribution in [0.2, 0.25) is 0 Å². The van der Waals surface area contributed by atoms with Crippen molar-refractivity contribution in [2.75, 3.05) is 6.54 Å². The molecule has 0 spiro atoms. The van der Waals surface area contributed by atoms with Gasteiger partial charge in [-0.3, -0.25) is 0 Å². The van der Waals surface area contributed by atoms with Gasteiger partial charge in [-0.05, 0) is 31.5 Å². The Labute approximate surface area is 95.7 Å².